The van der Waals surface area contributed by atoms with E-state index in [0.717, 1.165) is 16.0 Å². The predicted molar refractivity (Wildman–Crippen MR) is 60.0 cm³/mol. The minimum Gasteiger partial charge on any atom is -0.508 e. The second-order valence-corrected chi connectivity index (χ2v) is 3.63. The molecule has 0 unspecified atom stereocenters. The molecule has 0 atom stereocenters. The van der Waals surface area contributed by atoms with Gasteiger partial charge in [0.25, 0.3) is 0 Å². The maximum atomic E-state index is 9.08. The number of hydrogen-bond donors (Lipinski definition) is 1. The zero-order valence-electron chi connectivity index (χ0n) is 7.74. The minimum atomic E-state index is 0.288. The van der Waals surface area contributed by atoms with Crippen molar-refractivity contribution in [3.63, 3.8) is 0 Å². The van der Waals surface area contributed by atoms with E-state index in [1.807, 2.05) is 32.1 Å². The lowest BCUT2D eigenvalue weighted by molar-refractivity contribution is 0.475. The van der Waals surface area contributed by atoms with Gasteiger partial charge in [-0.1, -0.05) is 24.4 Å². The number of allylic oxidation sites excluding steroid dienone is 2. The highest BCUT2D eigenvalue weighted by atomic mass is 32.1. The van der Waals surface area contributed by atoms with Gasteiger partial charge in [-0.15, -0.1) is 0 Å². The summed E-state index contributed by atoms with van der Waals surface area (Å²) in [5.41, 5.74) is 2.20. The fourth-order valence-corrected chi connectivity index (χ4v) is 1.29. The lowest BCUT2D eigenvalue weighted by Crippen LogP contribution is -1.83. The zero-order valence-corrected chi connectivity index (χ0v) is 8.56. The molecular formula is C11H12OS. The third-order valence-corrected chi connectivity index (χ3v) is 1.86. The first kappa shape index (κ1) is 9.93. The quantitative estimate of drug-likeness (QED) is 0.573. The Labute approximate surface area is 83.7 Å². The monoisotopic (exact) mass is 192 g/mol. The van der Waals surface area contributed by atoms with Gasteiger partial charge in [0, 0.05) is 4.86 Å². The maximum Gasteiger partial charge on any atom is 0.115 e. The molecule has 0 aromatic heterocycles. The highest BCUT2D eigenvalue weighted by molar-refractivity contribution is 7.80. The van der Waals surface area contributed by atoms with Gasteiger partial charge in [-0.25, -0.2) is 0 Å². The molecule has 0 aliphatic heterocycles. The zero-order chi connectivity index (χ0) is 9.84. The Morgan fingerprint density at radius 2 is 1.77 bits per heavy atom. The summed E-state index contributed by atoms with van der Waals surface area (Å²) < 4.78 is 0. The number of benzene rings is 1. The number of thiocarbonyl (C=S) groups is 1. The standard InChI is InChI=1S/C11H12OS/c1-8(7-9(2)13)10-3-5-11(12)6-4-10/h3-7,12H,1-2H3/b8-7+. The molecule has 0 saturated heterocycles. The molecule has 1 rings (SSSR count). The summed E-state index contributed by atoms with van der Waals surface area (Å²) in [6.07, 6.45) is 1.95. The highest BCUT2D eigenvalue weighted by Crippen LogP contribution is 2.17. The van der Waals surface area contributed by atoms with Crippen LogP contribution in [0.15, 0.2) is 30.3 Å². The first-order chi connectivity index (χ1) is 6.09. The van der Waals surface area contributed by atoms with E-state index in [1.54, 1.807) is 12.1 Å². The molecule has 0 spiro atoms. The van der Waals surface area contributed by atoms with E-state index >= 15 is 0 Å². The van der Waals surface area contributed by atoms with Crippen molar-refractivity contribution in [1.82, 2.24) is 0 Å². The van der Waals surface area contributed by atoms with E-state index in [9.17, 15) is 0 Å². The summed E-state index contributed by atoms with van der Waals surface area (Å²) in [6, 6.07) is 7.09. The average Bonchev–Trinajstić information content (AvgIpc) is 2.04. The van der Waals surface area contributed by atoms with Crippen molar-refractivity contribution in [2.75, 3.05) is 0 Å². The van der Waals surface area contributed by atoms with Gasteiger partial charge in [-0.05, 0) is 43.2 Å². The number of aromatic hydroxyl groups is 1. The number of hydrogen-bond acceptors (Lipinski definition) is 2. The smallest absolute Gasteiger partial charge is 0.115 e. The molecule has 2 heteroatoms. The molecule has 1 N–H and O–H groups in total. The van der Waals surface area contributed by atoms with E-state index in [2.05, 4.69) is 0 Å². The van der Waals surface area contributed by atoms with Gasteiger partial charge in [0.05, 0.1) is 0 Å². The van der Waals surface area contributed by atoms with Crippen LogP contribution in [0.5, 0.6) is 5.75 Å². The van der Waals surface area contributed by atoms with Crippen LogP contribution in [-0.2, 0) is 0 Å². The summed E-state index contributed by atoms with van der Waals surface area (Å²) in [6.45, 7) is 3.89. The summed E-state index contributed by atoms with van der Waals surface area (Å²) >= 11 is 4.97. The molecule has 0 saturated carbocycles. The van der Waals surface area contributed by atoms with Crippen molar-refractivity contribution in [3.8, 4) is 5.75 Å². The van der Waals surface area contributed by atoms with Crippen LogP contribution < -0.4 is 0 Å². The van der Waals surface area contributed by atoms with Crippen LogP contribution in [0.4, 0.5) is 0 Å². The van der Waals surface area contributed by atoms with Crippen LogP contribution in [0.2, 0.25) is 0 Å². The number of rotatable bonds is 2. The van der Waals surface area contributed by atoms with E-state index in [1.165, 1.54) is 0 Å². The molecule has 0 amide bonds. The van der Waals surface area contributed by atoms with E-state index in [-0.39, 0.29) is 5.75 Å². The molecule has 0 radical (unpaired) electrons. The highest BCUT2D eigenvalue weighted by Gasteiger charge is 1.95. The molecule has 0 bridgehead atoms. The molecule has 13 heavy (non-hydrogen) atoms. The Morgan fingerprint density at radius 3 is 2.23 bits per heavy atom. The van der Waals surface area contributed by atoms with Gasteiger partial charge in [0.15, 0.2) is 0 Å². The maximum absolute atomic E-state index is 9.08. The molecule has 0 heterocycles. The SMILES string of the molecule is CC(=S)/C=C(\C)c1ccc(O)cc1. The Hall–Kier alpha value is -1.15. The van der Waals surface area contributed by atoms with Gasteiger partial charge in [-0.3, -0.25) is 0 Å². The summed E-state index contributed by atoms with van der Waals surface area (Å²) in [7, 11) is 0. The average molecular weight is 192 g/mol. The second kappa shape index (κ2) is 4.19. The van der Waals surface area contributed by atoms with Gasteiger partial charge in [0.1, 0.15) is 5.75 Å². The normalized spacial score (nSPS) is 11.4. The molecule has 0 aliphatic rings. The van der Waals surface area contributed by atoms with E-state index in [0.29, 0.717) is 0 Å². The van der Waals surface area contributed by atoms with E-state index < -0.39 is 0 Å². The van der Waals surface area contributed by atoms with Crippen molar-refractivity contribution in [3.05, 3.63) is 35.9 Å². The van der Waals surface area contributed by atoms with Gasteiger partial charge in [0.2, 0.25) is 0 Å². The predicted octanol–water partition coefficient (Wildman–Crippen LogP) is 3.19. The fourth-order valence-electron chi connectivity index (χ4n) is 1.11. The Bertz CT molecular complexity index is 336. The van der Waals surface area contributed by atoms with Crippen LogP contribution in [-0.4, -0.2) is 9.97 Å². The van der Waals surface area contributed by atoms with Crippen molar-refractivity contribution in [2.24, 2.45) is 0 Å². The lowest BCUT2D eigenvalue weighted by Gasteiger charge is -2.00. The molecule has 0 fully saturated rings. The summed E-state index contributed by atoms with van der Waals surface area (Å²) in [4.78, 5) is 0.866. The number of phenolic OH excluding ortho intramolecular Hbond substituents is 1. The van der Waals surface area contributed by atoms with E-state index in [4.69, 9.17) is 17.3 Å². The second-order valence-electron chi connectivity index (χ2n) is 2.98. The van der Waals surface area contributed by atoms with Crippen molar-refractivity contribution in [2.45, 2.75) is 13.8 Å². The van der Waals surface area contributed by atoms with Crippen LogP contribution >= 0.6 is 12.2 Å². The Morgan fingerprint density at radius 1 is 1.23 bits per heavy atom. The van der Waals surface area contributed by atoms with Crippen LogP contribution in [0.1, 0.15) is 19.4 Å². The largest absolute Gasteiger partial charge is 0.508 e. The topological polar surface area (TPSA) is 20.2 Å². The first-order valence-corrected chi connectivity index (χ1v) is 4.48. The lowest BCUT2D eigenvalue weighted by atomic mass is 10.1. The summed E-state index contributed by atoms with van der Waals surface area (Å²) in [5, 5.41) is 9.08. The first-order valence-electron chi connectivity index (χ1n) is 4.08. The summed E-state index contributed by atoms with van der Waals surface area (Å²) in [5.74, 6) is 0.288. The van der Waals surface area contributed by atoms with Crippen molar-refractivity contribution in [1.29, 1.82) is 0 Å². The van der Waals surface area contributed by atoms with Crippen LogP contribution in [0, 0.1) is 0 Å². The molecule has 1 aromatic carbocycles. The van der Waals surface area contributed by atoms with Gasteiger partial charge >= 0.3 is 0 Å². The fraction of sp³-hybridized carbons (Fsp3) is 0.182. The molecule has 68 valence electrons. The van der Waals surface area contributed by atoms with Gasteiger partial charge in [-0.2, -0.15) is 0 Å². The van der Waals surface area contributed by atoms with Crippen LogP contribution in [0.3, 0.4) is 0 Å². The van der Waals surface area contributed by atoms with Crippen molar-refractivity contribution >= 4 is 22.7 Å². The molecule has 1 nitrogen and oxygen atoms in total. The molecular weight excluding hydrogens is 180 g/mol. The molecule has 1 aromatic rings. The van der Waals surface area contributed by atoms with Crippen LogP contribution in [0.25, 0.3) is 5.57 Å². The minimum absolute atomic E-state index is 0.288. The van der Waals surface area contributed by atoms with Crippen molar-refractivity contribution < 1.29 is 5.11 Å². The third-order valence-electron chi connectivity index (χ3n) is 1.74. The Kier molecular flexibility index (Phi) is 3.20. The number of phenols is 1. The Balaban J connectivity index is 2.96. The molecule has 0 aliphatic carbocycles. The van der Waals surface area contributed by atoms with Gasteiger partial charge < -0.3 is 5.11 Å². The third kappa shape index (κ3) is 2.99.